The number of methoxy groups -OCH3 is 1. The lowest BCUT2D eigenvalue weighted by molar-refractivity contribution is -0.114. The van der Waals surface area contributed by atoms with Crippen LogP contribution in [0.5, 0.6) is 5.75 Å². The molecule has 0 aliphatic carbocycles. The molecule has 0 aromatic heterocycles. The zero-order valence-corrected chi connectivity index (χ0v) is 10.7. The van der Waals surface area contributed by atoms with E-state index in [1.54, 1.807) is 25.3 Å². The molecule has 18 heavy (non-hydrogen) atoms. The number of ether oxygens (including phenoxy) is 2. The quantitative estimate of drug-likeness (QED) is 0.723. The average molecular weight is 253 g/mol. The highest BCUT2D eigenvalue weighted by Crippen LogP contribution is 2.26. The van der Waals surface area contributed by atoms with Crippen LogP contribution >= 0.6 is 0 Å². The van der Waals surface area contributed by atoms with E-state index in [-0.39, 0.29) is 12.5 Å². The maximum Gasteiger partial charge on any atom is 0.221 e. The molecule has 0 aliphatic rings. The molecule has 0 unspecified atom stereocenters. The SMILES string of the molecule is COCCCOc1cc(CO)ccc1NC(C)=O. The number of carbonyl (C=O) groups excluding carboxylic acids is 1. The first kappa shape index (κ1) is 14.5. The van der Waals surface area contributed by atoms with E-state index in [9.17, 15) is 4.79 Å². The number of rotatable bonds is 7. The summed E-state index contributed by atoms with van der Waals surface area (Å²) >= 11 is 0. The largest absolute Gasteiger partial charge is 0.491 e. The fourth-order valence-corrected chi connectivity index (χ4v) is 1.46. The van der Waals surface area contributed by atoms with Crippen LogP contribution in [-0.2, 0) is 16.1 Å². The minimum absolute atomic E-state index is 0.0607. The van der Waals surface area contributed by atoms with Gasteiger partial charge in [-0.3, -0.25) is 4.79 Å². The summed E-state index contributed by atoms with van der Waals surface area (Å²) in [5.74, 6) is 0.404. The van der Waals surface area contributed by atoms with Crippen molar-refractivity contribution in [2.24, 2.45) is 0 Å². The highest BCUT2D eigenvalue weighted by molar-refractivity contribution is 5.90. The van der Waals surface area contributed by atoms with Crippen LogP contribution in [0.3, 0.4) is 0 Å². The van der Waals surface area contributed by atoms with Crippen LogP contribution in [0.2, 0.25) is 0 Å². The lowest BCUT2D eigenvalue weighted by Gasteiger charge is -2.12. The van der Waals surface area contributed by atoms with Gasteiger partial charge in [-0.2, -0.15) is 0 Å². The predicted octanol–water partition coefficient (Wildman–Crippen LogP) is 1.55. The molecule has 0 spiro atoms. The van der Waals surface area contributed by atoms with Crippen LogP contribution in [0.1, 0.15) is 18.9 Å². The smallest absolute Gasteiger partial charge is 0.221 e. The van der Waals surface area contributed by atoms with E-state index in [4.69, 9.17) is 14.6 Å². The number of amides is 1. The molecule has 1 aromatic rings. The van der Waals surface area contributed by atoms with Crippen molar-refractivity contribution in [3.05, 3.63) is 23.8 Å². The van der Waals surface area contributed by atoms with Crippen LogP contribution in [-0.4, -0.2) is 31.3 Å². The zero-order chi connectivity index (χ0) is 13.4. The zero-order valence-electron chi connectivity index (χ0n) is 10.7. The summed E-state index contributed by atoms with van der Waals surface area (Å²) in [4.78, 5) is 11.1. The molecule has 0 fully saturated rings. The van der Waals surface area contributed by atoms with Crippen molar-refractivity contribution in [1.29, 1.82) is 0 Å². The van der Waals surface area contributed by atoms with Crippen molar-refractivity contribution in [1.82, 2.24) is 0 Å². The number of anilines is 1. The number of nitrogens with one attached hydrogen (secondary N) is 1. The summed E-state index contributed by atoms with van der Waals surface area (Å²) < 4.78 is 10.5. The van der Waals surface area contributed by atoms with Crippen LogP contribution in [0.4, 0.5) is 5.69 Å². The fraction of sp³-hybridized carbons (Fsp3) is 0.462. The average Bonchev–Trinajstić information content (AvgIpc) is 2.35. The first-order valence-corrected chi connectivity index (χ1v) is 5.80. The van der Waals surface area contributed by atoms with Crippen LogP contribution in [0.25, 0.3) is 0 Å². The molecule has 100 valence electrons. The second-order valence-electron chi connectivity index (χ2n) is 3.86. The molecule has 0 atom stereocenters. The molecule has 2 N–H and O–H groups in total. The minimum Gasteiger partial charge on any atom is -0.491 e. The second-order valence-corrected chi connectivity index (χ2v) is 3.86. The maximum atomic E-state index is 11.1. The Labute approximate surface area is 107 Å². The molecule has 0 heterocycles. The molecule has 1 aromatic carbocycles. The first-order chi connectivity index (χ1) is 8.67. The highest BCUT2D eigenvalue weighted by atomic mass is 16.5. The maximum absolute atomic E-state index is 11.1. The minimum atomic E-state index is -0.159. The van der Waals surface area contributed by atoms with Gasteiger partial charge >= 0.3 is 0 Å². The molecule has 1 rings (SSSR count). The van der Waals surface area contributed by atoms with Gasteiger partial charge in [0.05, 0.1) is 18.9 Å². The van der Waals surface area contributed by atoms with Crippen LogP contribution in [0, 0.1) is 0 Å². The van der Waals surface area contributed by atoms with Gasteiger partial charge in [-0.15, -0.1) is 0 Å². The summed E-state index contributed by atoms with van der Waals surface area (Å²) in [6.07, 6.45) is 0.763. The van der Waals surface area contributed by atoms with E-state index in [1.165, 1.54) is 6.92 Å². The number of carbonyl (C=O) groups is 1. The normalized spacial score (nSPS) is 10.2. The van der Waals surface area contributed by atoms with Gasteiger partial charge in [0.25, 0.3) is 0 Å². The number of hydrogen-bond donors (Lipinski definition) is 2. The summed E-state index contributed by atoms with van der Waals surface area (Å²) in [7, 11) is 1.63. The number of aliphatic hydroxyl groups excluding tert-OH is 1. The third-order valence-corrected chi connectivity index (χ3v) is 2.29. The number of hydrogen-bond acceptors (Lipinski definition) is 4. The van der Waals surface area contributed by atoms with Crippen LogP contribution < -0.4 is 10.1 Å². The number of aliphatic hydroxyl groups is 1. The summed E-state index contributed by atoms with van der Waals surface area (Å²) in [6.45, 7) is 2.49. The van der Waals surface area contributed by atoms with Gasteiger partial charge < -0.3 is 19.9 Å². The van der Waals surface area contributed by atoms with Crippen molar-refractivity contribution < 1.29 is 19.4 Å². The van der Waals surface area contributed by atoms with Crippen LogP contribution in [0.15, 0.2) is 18.2 Å². The molecule has 0 radical (unpaired) electrons. The third-order valence-electron chi connectivity index (χ3n) is 2.29. The molecular formula is C13H19NO4. The fourth-order valence-electron chi connectivity index (χ4n) is 1.46. The predicted molar refractivity (Wildman–Crippen MR) is 68.7 cm³/mol. The summed E-state index contributed by atoms with van der Waals surface area (Å²) in [5.41, 5.74) is 1.35. The van der Waals surface area contributed by atoms with Gasteiger partial charge in [-0.05, 0) is 17.7 Å². The second kappa shape index (κ2) is 7.68. The lowest BCUT2D eigenvalue weighted by Crippen LogP contribution is -2.09. The summed E-state index contributed by atoms with van der Waals surface area (Å²) in [5, 5.41) is 11.8. The topological polar surface area (TPSA) is 67.8 Å². The van der Waals surface area contributed by atoms with E-state index in [1.807, 2.05) is 0 Å². The van der Waals surface area contributed by atoms with Crippen molar-refractivity contribution >= 4 is 11.6 Å². The van der Waals surface area contributed by atoms with E-state index < -0.39 is 0 Å². The van der Waals surface area contributed by atoms with Crippen molar-refractivity contribution in [3.63, 3.8) is 0 Å². The standard InChI is InChI=1S/C13H19NO4/c1-10(16)14-12-5-4-11(9-15)8-13(12)18-7-3-6-17-2/h4-5,8,15H,3,6-7,9H2,1-2H3,(H,14,16). The molecule has 5 heteroatoms. The van der Waals surface area contributed by atoms with Gasteiger partial charge in [0.2, 0.25) is 5.91 Å². The Bertz CT molecular complexity index is 393. The molecule has 0 bridgehead atoms. The van der Waals surface area contributed by atoms with Gasteiger partial charge in [-0.25, -0.2) is 0 Å². The Balaban J connectivity index is 2.72. The Morgan fingerprint density at radius 2 is 2.17 bits per heavy atom. The van der Waals surface area contributed by atoms with E-state index >= 15 is 0 Å². The third kappa shape index (κ3) is 4.73. The van der Waals surface area contributed by atoms with Gasteiger partial charge in [-0.1, -0.05) is 6.07 Å². The van der Waals surface area contributed by atoms with Crippen molar-refractivity contribution in [3.8, 4) is 5.75 Å². The van der Waals surface area contributed by atoms with Gasteiger partial charge in [0.1, 0.15) is 5.75 Å². The molecule has 0 saturated carbocycles. The van der Waals surface area contributed by atoms with E-state index in [2.05, 4.69) is 5.32 Å². The monoisotopic (exact) mass is 253 g/mol. The first-order valence-electron chi connectivity index (χ1n) is 5.80. The molecule has 0 aliphatic heterocycles. The molecular weight excluding hydrogens is 234 g/mol. The highest BCUT2D eigenvalue weighted by Gasteiger charge is 2.06. The summed E-state index contributed by atoms with van der Waals surface area (Å²) in [6, 6.07) is 5.18. The molecule has 1 amide bonds. The lowest BCUT2D eigenvalue weighted by atomic mass is 10.2. The Kier molecular flexibility index (Phi) is 6.18. The molecule has 0 saturated heterocycles. The van der Waals surface area contributed by atoms with Gasteiger partial charge in [0, 0.05) is 27.1 Å². The Hall–Kier alpha value is -1.59. The Morgan fingerprint density at radius 1 is 1.39 bits per heavy atom. The Morgan fingerprint density at radius 3 is 2.78 bits per heavy atom. The van der Waals surface area contributed by atoms with E-state index in [0.717, 1.165) is 12.0 Å². The van der Waals surface area contributed by atoms with Crippen molar-refractivity contribution in [2.45, 2.75) is 20.0 Å². The van der Waals surface area contributed by atoms with Crippen molar-refractivity contribution in [2.75, 3.05) is 25.6 Å². The molecule has 5 nitrogen and oxygen atoms in total. The van der Waals surface area contributed by atoms with E-state index in [0.29, 0.717) is 24.7 Å². The number of benzene rings is 1. The van der Waals surface area contributed by atoms with Gasteiger partial charge in [0.15, 0.2) is 0 Å².